The van der Waals surface area contributed by atoms with E-state index < -0.39 is 27.7 Å². The van der Waals surface area contributed by atoms with E-state index in [4.69, 9.17) is 11.6 Å². The van der Waals surface area contributed by atoms with Crippen LogP contribution in [0.2, 0.25) is 5.02 Å². The van der Waals surface area contributed by atoms with Gasteiger partial charge in [-0.1, -0.05) is 23.7 Å². The first-order valence-electron chi connectivity index (χ1n) is 6.94. The Morgan fingerprint density at radius 1 is 1.40 bits per heavy atom. The number of nitro groups is 1. The zero-order valence-electron chi connectivity index (χ0n) is 12.8. The maximum absolute atomic E-state index is 12.7. The molecule has 11 heteroatoms. The van der Waals surface area contributed by atoms with Gasteiger partial charge in [-0.15, -0.1) is 0 Å². The van der Waals surface area contributed by atoms with Gasteiger partial charge in [-0.05, 0) is 13.0 Å². The van der Waals surface area contributed by atoms with Gasteiger partial charge in [0.2, 0.25) is 5.91 Å². The standard InChI is InChI=1S/C14H12ClF3N4O3/c1-8-12(15)13(14(16,17)18)20-21(8)7-6-11(23)19-9-4-2-3-5-10(9)22(24)25/h2-5H,6-7H2,1H3,(H,19,23). The summed E-state index contributed by atoms with van der Waals surface area (Å²) in [5.74, 6) is -0.603. The zero-order chi connectivity index (χ0) is 18.8. The molecule has 0 aliphatic rings. The highest BCUT2D eigenvalue weighted by Crippen LogP contribution is 2.35. The van der Waals surface area contributed by atoms with Crippen molar-refractivity contribution in [3.8, 4) is 0 Å². The summed E-state index contributed by atoms with van der Waals surface area (Å²) < 4.78 is 39.2. The van der Waals surface area contributed by atoms with Crippen molar-refractivity contribution in [1.82, 2.24) is 9.78 Å². The third kappa shape index (κ3) is 4.27. The summed E-state index contributed by atoms with van der Waals surface area (Å²) in [6, 6.07) is 5.54. The molecule has 0 aliphatic heterocycles. The predicted molar refractivity (Wildman–Crippen MR) is 83.3 cm³/mol. The summed E-state index contributed by atoms with van der Waals surface area (Å²) in [7, 11) is 0. The number of anilines is 1. The number of hydrogen-bond acceptors (Lipinski definition) is 4. The van der Waals surface area contributed by atoms with Gasteiger partial charge in [0.15, 0.2) is 5.69 Å². The summed E-state index contributed by atoms with van der Waals surface area (Å²) in [6.07, 6.45) is -4.93. The predicted octanol–water partition coefficient (Wildman–Crippen LogP) is 3.80. The molecular formula is C14H12ClF3N4O3. The molecule has 0 aliphatic carbocycles. The molecule has 2 aromatic rings. The van der Waals surface area contributed by atoms with Crippen LogP contribution < -0.4 is 5.32 Å². The number of alkyl halides is 3. The lowest BCUT2D eigenvalue weighted by atomic mass is 10.2. The normalized spacial score (nSPS) is 11.4. The van der Waals surface area contributed by atoms with Gasteiger partial charge in [0.25, 0.3) is 5.69 Å². The maximum Gasteiger partial charge on any atom is 0.436 e. The molecule has 1 aromatic carbocycles. The average molecular weight is 377 g/mol. The maximum atomic E-state index is 12.7. The fourth-order valence-corrected chi connectivity index (χ4v) is 2.32. The number of para-hydroxylation sites is 2. The highest BCUT2D eigenvalue weighted by molar-refractivity contribution is 6.31. The molecule has 7 nitrogen and oxygen atoms in total. The Bertz CT molecular complexity index is 820. The van der Waals surface area contributed by atoms with E-state index in [1.54, 1.807) is 0 Å². The molecular weight excluding hydrogens is 365 g/mol. The van der Waals surface area contributed by atoms with Crippen LogP contribution in [0.3, 0.4) is 0 Å². The number of hydrogen-bond donors (Lipinski definition) is 1. The first-order chi connectivity index (χ1) is 11.6. The topological polar surface area (TPSA) is 90.1 Å². The number of nitro benzene ring substituents is 1. The summed E-state index contributed by atoms with van der Waals surface area (Å²) in [5.41, 5.74) is -1.42. The average Bonchev–Trinajstić information content (AvgIpc) is 2.81. The van der Waals surface area contributed by atoms with Crippen molar-refractivity contribution in [2.45, 2.75) is 26.1 Å². The lowest BCUT2D eigenvalue weighted by Gasteiger charge is -2.07. The highest BCUT2D eigenvalue weighted by Gasteiger charge is 2.38. The van der Waals surface area contributed by atoms with Crippen molar-refractivity contribution >= 4 is 28.9 Å². The number of rotatable bonds is 5. The van der Waals surface area contributed by atoms with Crippen LogP contribution in [0.15, 0.2) is 24.3 Å². The molecule has 1 amide bonds. The fraction of sp³-hybridized carbons (Fsp3) is 0.286. The Labute approximate surface area is 144 Å². The molecule has 0 saturated carbocycles. The summed E-state index contributed by atoms with van der Waals surface area (Å²) >= 11 is 5.62. The number of benzene rings is 1. The molecule has 1 aromatic heterocycles. The van der Waals surface area contributed by atoms with E-state index in [-0.39, 0.29) is 30.0 Å². The number of aromatic nitrogens is 2. The van der Waals surface area contributed by atoms with Crippen molar-refractivity contribution in [3.63, 3.8) is 0 Å². The van der Waals surface area contributed by atoms with Crippen LogP contribution >= 0.6 is 11.6 Å². The Morgan fingerprint density at radius 3 is 2.60 bits per heavy atom. The smallest absolute Gasteiger partial charge is 0.320 e. The number of aryl methyl sites for hydroxylation is 1. The Kier molecular flexibility index (Phi) is 5.31. The number of nitrogens with zero attached hydrogens (tertiary/aromatic N) is 3. The van der Waals surface area contributed by atoms with Crippen molar-refractivity contribution in [2.24, 2.45) is 0 Å². The Hall–Kier alpha value is -2.62. The first kappa shape index (κ1) is 18.7. The molecule has 0 atom stereocenters. The number of halogens is 4. The first-order valence-corrected chi connectivity index (χ1v) is 7.32. The number of nitrogens with one attached hydrogen (secondary N) is 1. The largest absolute Gasteiger partial charge is 0.436 e. The molecule has 134 valence electrons. The molecule has 25 heavy (non-hydrogen) atoms. The molecule has 0 radical (unpaired) electrons. The van der Waals surface area contributed by atoms with Crippen LogP contribution in [0, 0.1) is 17.0 Å². The monoisotopic (exact) mass is 376 g/mol. The van der Waals surface area contributed by atoms with E-state index in [0.717, 1.165) is 4.68 Å². The number of carbonyl (C=O) groups is 1. The molecule has 0 bridgehead atoms. The summed E-state index contributed by atoms with van der Waals surface area (Å²) in [5, 5.41) is 16.1. The van der Waals surface area contributed by atoms with Gasteiger partial charge in [0.1, 0.15) is 5.69 Å². The van der Waals surface area contributed by atoms with Gasteiger partial charge in [-0.25, -0.2) is 0 Å². The second-order valence-electron chi connectivity index (χ2n) is 5.04. The third-order valence-corrected chi connectivity index (χ3v) is 3.78. The molecule has 0 fully saturated rings. The lowest BCUT2D eigenvalue weighted by Crippen LogP contribution is -2.16. The minimum absolute atomic E-state index is 0.00343. The minimum Gasteiger partial charge on any atom is -0.320 e. The molecule has 1 heterocycles. The van der Waals surface area contributed by atoms with E-state index in [1.165, 1.54) is 31.2 Å². The van der Waals surface area contributed by atoms with Crippen LogP contribution in [0.25, 0.3) is 0 Å². The molecule has 1 N–H and O–H groups in total. The Morgan fingerprint density at radius 2 is 2.04 bits per heavy atom. The van der Waals surface area contributed by atoms with Crippen LogP contribution in [-0.2, 0) is 17.5 Å². The van der Waals surface area contributed by atoms with Crippen molar-refractivity contribution in [1.29, 1.82) is 0 Å². The minimum atomic E-state index is -4.69. The second-order valence-corrected chi connectivity index (χ2v) is 5.42. The van der Waals surface area contributed by atoms with Crippen LogP contribution in [0.5, 0.6) is 0 Å². The van der Waals surface area contributed by atoms with E-state index >= 15 is 0 Å². The molecule has 0 saturated heterocycles. The van der Waals surface area contributed by atoms with Crippen LogP contribution in [0.4, 0.5) is 24.5 Å². The van der Waals surface area contributed by atoms with Crippen molar-refractivity contribution in [3.05, 3.63) is 50.8 Å². The molecule has 0 spiro atoms. The van der Waals surface area contributed by atoms with Gasteiger partial charge in [-0.2, -0.15) is 18.3 Å². The van der Waals surface area contributed by atoms with Crippen molar-refractivity contribution in [2.75, 3.05) is 5.32 Å². The van der Waals surface area contributed by atoms with Crippen molar-refractivity contribution < 1.29 is 22.9 Å². The van der Waals surface area contributed by atoms with E-state index in [1.807, 2.05) is 0 Å². The van der Waals surface area contributed by atoms with Crippen LogP contribution in [-0.4, -0.2) is 20.6 Å². The van der Waals surface area contributed by atoms with Gasteiger partial charge in [-0.3, -0.25) is 19.6 Å². The van der Waals surface area contributed by atoms with Gasteiger partial charge < -0.3 is 5.32 Å². The summed E-state index contributed by atoms with van der Waals surface area (Å²) in [6.45, 7) is 1.19. The zero-order valence-corrected chi connectivity index (χ0v) is 13.6. The van der Waals surface area contributed by atoms with Gasteiger partial charge in [0, 0.05) is 12.5 Å². The quantitative estimate of drug-likeness (QED) is 0.634. The Balaban J connectivity index is 2.08. The highest BCUT2D eigenvalue weighted by atomic mass is 35.5. The third-order valence-electron chi connectivity index (χ3n) is 3.33. The van der Waals surface area contributed by atoms with E-state index in [9.17, 15) is 28.1 Å². The van der Waals surface area contributed by atoms with Crippen LogP contribution in [0.1, 0.15) is 17.8 Å². The number of carbonyl (C=O) groups excluding carboxylic acids is 1. The van der Waals surface area contributed by atoms with Gasteiger partial charge in [0.05, 0.1) is 22.2 Å². The van der Waals surface area contributed by atoms with E-state index in [0.29, 0.717) is 0 Å². The molecule has 0 unspecified atom stereocenters. The summed E-state index contributed by atoms with van der Waals surface area (Å²) in [4.78, 5) is 22.2. The SMILES string of the molecule is Cc1c(Cl)c(C(F)(F)F)nn1CCC(=O)Nc1ccccc1[N+](=O)[O-]. The second kappa shape index (κ2) is 7.09. The molecule has 2 rings (SSSR count). The van der Waals surface area contributed by atoms with Gasteiger partial charge >= 0.3 is 6.18 Å². The van der Waals surface area contributed by atoms with E-state index in [2.05, 4.69) is 10.4 Å². The fourth-order valence-electron chi connectivity index (χ4n) is 2.08. The lowest BCUT2D eigenvalue weighted by molar-refractivity contribution is -0.383. The number of amides is 1.